The molecule has 1 aliphatic rings. The molecule has 1 unspecified atom stereocenters. The van der Waals surface area contributed by atoms with Gasteiger partial charge in [-0.3, -0.25) is 4.79 Å². The quantitative estimate of drug-likeness (QED) is 0.883. The van der Waals surface area contributed by atoms with E-state index in [-0.39, 0.29) is 17.4 Å². The molecule has 1 aromatic heterocycles. The Hall–Kier alpha value is -0.950. The number of rotatable bonds is 2. The van der Waals surface area contributed by atoms with Crippen LogP contribution in [-0.4, -0.2) is 36.4 Å². The number of thiazole rings is 1. The molecule has 5 nitrogen and oxygen atoms in total. The van der Waals surface area contributed by atoms with Crippen LogP contribution in [-0.2, 0) is 9.84 Å². The van der Waals surface area contributed by atoms with Crippen LogP contribution in [0.1, 0.15) is 33.7 Å². The van der Waals surface area contributed by atoms with Gasteiger partial charge in [-0.05, 0) is 27.2 Å². The van der Waals surface area contributed by atoms with Crippen molar-refractivity contribution in [1.82, 2.24) is 10.3 Å². The zero-order valence-corrected chi connectivity index (χ0v) is 12.2. The maximum atomic E-state index is 12.1. The number of hydrogen-bond acceptors (Lipinski definition) is 5. The minimum Gasteiger partial charge on any atom is -0.345 e. The fraction of sp³-hybridized carbons (Fsp3) is 0.636. The van der Waals surface area contributed by atoms with E-state index in [0.29, 0.717) is 17.0 Å². The van der Waals surface area contributed by atoms with E-state index in [4.69, 9.17) is 0 Å². The Kier molecular flexibility index (Phi) is 3.23. The van der Waals surface area contributed by atoms with Crippen LogP contribution in [0, 0.1) is 13.8 Å². The van der Waals surface area contributed by atoms with Crippen molar-refractivity contribution in [3.63, 3.8) is 0 Å². The van der Waals surface area contributed by atoms with Crippen molar-refractivity contribution < 1.29 is 13.2 Å². The van der Waals surface area contributed by atoms with Gasteiger partial charge in [0.15, 0.2) is 9.84 Å². The van der Waals surface area contributed by atoms with E-state index in [1.807, 2.05) is 6.92 Å². The summed E-state index contributed by atoms with van der Waals surface area (Å²) >= 11 is 1.33. The maximum absolute atomic E-state index is 12.1. The number of nitrogens with one attached hydrogen (secondary N) is 1. The number of hydrogen-bond donors (Lipinski definition) is 1. The van der Waals surface area contributed by atoms with E-state index in [1.165, 1.54) is 11.3 Å². The first-order valence-corrected chi connectivity index (χ1v) is 8.32. The molecule has 1 fully saturated rings. The van der Waals surface area contributed by atoms with Gasteiger partial charge in [-0.25, -0.2) is 13.4 Å². The first-order valence-electron chi connectivity index (χ1n) is 5.68. The third kappa shape index (κ3) is 2.72. The van der Waals surface area contributed by atoms with Gasteiger partial charge in [0.1, 0.15) is 4.88 Å². The number of aromatic nitrogens is 1. The van der Waals surface area contributed by atoms with Crippen molar-refractivity contribution in [1.29, 1.82) is 0 Å². The monoisotopic (exact) mass is 288 g/mol. The Bertz CT molecular complexity index is 591. The van der Waals surface area contributed by atoms with Crippen molar-refractivity contribution in [2.45, 2.75) is 32.7 Å². The summed E-state index contributed by atoms with van der Waals surface area (Å²) in [5.41, 5.74) is 0.0414. The summed E-state index contributed by atoms with van der Waals surface area (Å²) in [5.74, 6) is -0.0646. The molecule has 0 radical (unpaired) electrons. The number of amides is 1. The standard InChI is InChI=1S/C11H16N2O3S2/c1-7-9(17-8(2)12-7)10(14)13-11(3)4-5-18(15,16)6-11/h4-6H2,1-3H3,(H,13,14). The van der Waals surface area contributed by atoms with Crippen LogP contribution in [0.4, 0.5) is 0 Å². The van der Waals surface area contributed by atoms with E-state index in [2.05, 4.69) is 10.3 Å². The summed E-state index contributed by atoms with van der Waals surface area (Å²) in [4.78, 5) is 16.9. The van der Waals surface area contributed by atoms with E-state index in [0.717, 1.165) is 5.01 Å². The van der Waals surface area contributed by atoms with E-state index < -0.39 is 15.4 Å². The highest BCUT2D eigenvalue weighted by Crippen LogP contribution is 2.25. The molecule has 0 aromatic carbocycles. The zero-order valence-electron chi connectivity index (χ0n) is 10.6. The second kappa shape index (κ2) is 4.31. The average molecular weight is 288 g/mol. The van der Waals surface area contributed by atoms with Crippen molar-refractivity contribution in [2.75, 3.05) is 11.5 Å². The lowest BCUT2D eigenvalue weighted by Gasteiger charge is -2.23. The lowest BCUT2D eigenvalue weighted by atomic mass is 10.0. The van der Waals surface area contributed by atoms with Gasteiger partial charge in [0, 0.05) is 0 Å². The number of nitrogens with zero attached hydrogens (tertiary/aromatic N) is 1. The third-order valence-electron chi connectivity index (χ3n) is 3.03. The van der Waals surface area contributed by atoms with Gasteiger partial charge in [-0.2, -0.15) is 0 Å². The van der Waals surface area contributed by atoms with Crippen LogP contribution < -0.4 is 5.32 Å². The highest BCUT2D eigenvalue weighted by molar-refractivity contribution is 7.91. The molecule has 0 spiro atoms. The number of sulfone groups is 1. The molecule has 1 aromatic rings. The van der Waals surface area contributed by atoms with Crippen LogP contribution >= 0.6 is 11.3 Å². The van der Waals surface area contributed by atoms with Gasteiger partial charge in [0.2, 0.25) is 0 Å². The SMILES string of the molecule is Cc1nc(C)c(C(=O)NC2(C)CCS(=O)(=O)C2)s1. The number of carbonyl (C=O) groups is 1. The topological polar surface area (TPSA) is 76.1 Å². The molecule has 0 saturated carbocycles. The molecule has 1 aliphatic heterocycles. The largest absolute Gasteiger partial charge is 0.345 e. The smallest absolute Gasteiger partial charge is 0.263 e. The van der Waals surface area contributed by atoms with Gasteiger partial charge in [-0.1, -0.05) is 0 Å². The summed E-state index contributed by atoms with van der Waals surface area (Å²) < 4.78 is 22.9. The molecule has 1 N–H and O–H groups in total. The predicted octanol–water partition coefficient (Wildman–Crippen LogP) is 1.07. The van der Waals surface area contributed by atoms with Gasteiger partial charge in [-0.15, -0.1) is 11.3 Å². The molecular formula is C11H16N2O3S2. The molecular weight excluding hydrogens is 272 g/mol. The van der Waals surface area contributed by atoms with Crippen molar-refractivity contribution in [2.24, 2.45) is 0 Å². The van der Waals surface area contributed by atoms with Crippen molar-refractivity contribution in [3.8, 4) is 0 Å². The predicted molar refractivity (Wildman–Crippen MR) is 70.7 cm³/mol. The maximum Gasteiger partial charge on any atom is 0.263 e. The van der Waals surface area contributed by atoms with E-state index >= 15 is 0 Å². The Morgan fingerprint density at radius 2 is 2.11 bits per heavy atom. The zero-order chi connectivity index (χ0) is 13.6. The van der Waals surface area contributed by atoms with Crippen LogP contribution in [0.25, 0.3) is 0 Å². The molecule has 2 heterocycles. The van der Waals surface area contributed by atoms with E-state index in [1.54, 1.807) is 13.8 Å². The molecule has 1 saturated heterocycles. The Morgan fingerprint density at radius 3 is 2.56 bits per heavy atom. The van der Waals surface area contributed by atoms with Crippen LogP contribution in [0.5, 0.6) is 0 Å². The second-order valence-electron chi connectivity index (χ2n) is 5.00. The van der Waals surface area contributed by atoms with Gasteiger partial charge < -0.3 is 5.32 Å². The van der Waals surface area contributed by atoms with Gasteiger partial charge in [0.05, 0.1) is 27.7 Å². The minimum absolute atomic E-state index is 0.0164. The first kappa shape index (κ1) is 13.5. The molecule has 0 aliphatic carbocycles. The fourth-order valence-electron chi connectivity index (χ4n) is 2.18. The Labute approximate surface area is 111 Å². The average Bonchev–Trinajstić information content (AvgIpc) is 2.67. The molecule has 1 amide bonds. The normalized spacial score (nSPS) is 26.2. The van der Waals surface area contributed by atoms with Gasteiger partial charge in [0.25, 0.3) is 5.91 Å². The molecule has 2 rings (SSSR count). The lowest BCUT2D eigenvalue weighted by molar-refractivity contribution is 0.0919. The summed E-state index contributed by atoms with van der Waals surface area (Å²) in [6.07, 6.45) is 0.470. The first-order chi connectivity index (χ1) is 8.21. The highest BCUT2D eigenvalue weighted by Gasteiger charge is 2.39. The molecule has 7 heteroatoms. The van der Waals surface area contributed by atoms with Crippen molar-refractivity contribution in [3.05, 3.63) is 15.6 Å². The highest BCUT2D eigenvalue weighted by atomic mass is 32.2. The number of aryl methyl sites for hydroxylation is 2. The summed E-state index contributed by atoms with van der Waals surface area (Å²) in [6, 6.07) is 0. The number of carbonyl (C=O) groups excluding carboxylic acids is 1. The lowest BCUT2D eigenvalue weighted by Crippen LogP contribution is -2.46. The third-order valence-corrected chi connectivity index (χ3v) is 6.00. The summed E-state index contributed by atoms with van der Waals surface area (Å²) in [5, 5.41) is 3.67. The minimum atomic E-state index is -3.01. The van der Waals surface area contributed by atoms with Crippen LogP contribution in [0.3, 0.4) is 0 Å². The van der Waals surface area contributed by atoms with Gasteiger partial charge >= 0.3 is 0 Å². The van der Waals surface area contributed by atoms with Crippen molar-refractivity contribution >= 4 is 27.1 Å². The Balaban J connectivity index is 2.16. The fourth-order valence-corrected chi connectivity index (χ4v) is 5.09. The van der Waals surface area contributed by atoms with Crippen LogP contribution in [0.15, 0.2) is 0 Å². The summed E-state index contributed by atoms with van der Waals surface area (Å²) in [7, 11) is -3.01. The molecule has 0 bridgehead atoms. The van der Waals surface area contributed by atoms with E-state index in [9.17, 15) is 13.2 Å². The molecule has 1 atom stereocenters. The van der Waals surface area contributed by atoms with Crippen LogP contribution in [0.2, 0.25) is 0 Å². The molecule has 18 heavy (non-hydrogen) atoms. The second-order valence-corrected chi connectivity index (χ2v) is 8.39. The molecule has 100 valence electrons. The summed E-state index contributed by atoms with van der Waals surface area (Å²) in [6.45, 7) is 5.40. The Morgan fingerprint density at radius 1 is 1.44 bits per heavy atom.